The molecule has 0 spiro atoms. The molecule has 0 bridgehead atoms. The smallest absolute Gasteiger partial charge is 0.407 e. The van der Waals surface area contributed by atoms with Gasteiger partial charge in [-0.25, -0.2) is 9.78 Å². The fourth-order valence-electron chi connectivity index (χ4n) is 2.55. The Morgan fingerprint density at radius 1 is 1.39 bits per heavy atom. The first kappa shape index (κ1) is 17.2. The van der Waals surface area contributed by atoms with Gasteiger partial charge in [-0.05, 0) is 33.6 Å². The summed E-state index contributed by atoms with van der Waals surface area (Å²) in [5.74, 6) is 1.46. The molecule has 1 saturated heterocycles. The predicted octanol–water partition coefficient (Wildman–Crippen LogP) is 2.17. The van der Waals surface area contributed by atoms with E-state index in [-0.39, 0.29) is 12.1 Å². The molecule has 128 valence electrons. The molecule has 0 unspecified atom stereocenters. The normalized spacial score (nSPS) is 16.1. The maximum absolute atomic E-state index is 11.8. The second kappa shape index (κ2) is 6.93. The lowest BCUT2D eigenvalue weighted by Crippen LogP contribution is -2.46. The topological polar surface area (TPSA) is 89.7 Å². The van der Waals surface area contributed by atoms with E-state index in [0.717, 1.165) is 31.7 Å². The van der Waals surface area contributed by atoms with Gasteiger partial charge in [0.2, 0.25) is 0 Å². The molecule has 23 heavy (non-hydrogen) atoms. The molecule has 2 rings (SSSR count). The molecule has 1 aromatic heterocycles. The maximum Gasteiger partial charge on any atom is 0.407 e. The maximum atomic E-state index is 11.8. The molecule has 0 saturated carbocycles. The number of nitrogen functional groups attached to an aromatic ring is 1. The number of anilines is 2. The van der Waals surface area contributed by atoms with Gasteiger partial charge in [0.1, 0.15) is 5.60 Å². The summed E-state index contributed by atoms with van der Waals surface area (Å²) >= 11 is 0. The molecule has 0 aromatic carbocycles. The van der Waals surface area contributed by atoms with Crippen molar-refractivity contribution >= 4 is 17.6 Å². The highest BCUT2D eigenvalue weighted by Crippen LogP contribution is 2.29. The van der Waals surface area contributed by atoms with Gasteiger partial charge in [-0.1, -0.05) is 0 Å². The van der Waals surface area contributed by atoms with E-state index >= 15 is 0 Å². The SMILES string of the molecule is COc1cc(N)cnc1N1CCC(NC(=O)OC(C)(C)C)CC1. The van der Waals surface area contributed by atoms with Gasteiger partial charge in [0.15, 0.2) is 11.6 Å². The molecule has 1 amide bonds. The average molecular weight is 322 g/mol. The van der Waals surface area contributed by atoms with Crippen LogP contribution in [0.15, 0.2) is 12.3 Å². The largest absolute Gasteiger partial charge is 0.493 e. The Hall–Kier alpha value is -2.18. The molecule has 1 aliphatic rings. The lowest BCUT2D eigenvalue weighted by molar-refractivity contribution is 0.0497. The second-order valence-electron chi connectivity index (χ2n) is 6.70. The van der Waals surface area contributed by atoms with Crippen molar-refractivity contribution in [2.45, 2.75) is 45.3 Å². The van der Waals surface area contributed by atoms with Crippen LogP contribution in [-0.4, -0.2) is 42.9 Å². The number of nitrogens with zero attached hydrogens (tertiary/aromatic N) is 2. The number of pyridine rings is 1. The van der Waals surface area contributed by atoms with Crippen LogP contribution >= 0.6 is 0 Å². The zero-order valence-corrected chi connectivity index (χ0v) is 14.3. The number of rotatable bonds is 3. The van der Waals surface area contributed by atoms with Gasteiger partial charge in [0, 0.05) is 25.2 Å². The number of nitrogens with one attached hydrogen (secondary N) is 1. The quantitative estimate of drug-likeness (QED) is 0.886. The molecule has 1 fully saturated rings. The number of carbonyl (C=O) groups is 1. The summed E-state index contributed by atoms with van der Waals surface area (Å²) < 4.78 is 10.6. The summed E-state index contributed by atoms with van der Waals surface area (Å²) in [6.07, 6.45) is 2.92. The van der Waals surface area contributed by atoms with Gasteiger partial charge in [-0.15, -0.1) is 0 Å². The molecule has 3 N–H and O–H groups in total. The Morgan fingerprint density at radius 2 is 2.04 bits per heavy atom. The highest BCUT2D eigenvalue weighted by Gasteiger charge is 2.25. The van der Waals surface area contributed by atoms with Crippen LogP contribution in [0.2, 0.25) is 0 Å². The number of methoxy groups -OCH3 is 1. The van der Waals surface area contributed by atoms with Gasteiger partial charge in [0.05, 0.1) is 19.0 Å². The summed E-state index contributed by atoms with van der Waals surface area (Å²) in [4.78, 5) is 18.3. The first-order valence-corrected chi connectivity index (χ1v) is 7.82. The van der Waals surface area contributed by atoms with Gasteiger partial charge in [-0.3, -0.25) is 0 Å². The fourth-order valence-corrected chi connectivity index (χ4v) is 2.55. The van der Waals surface area contributed by atoms with E-state index in [1.54, 1.807) is 19.4 Å². The lowest BCUT2D eigenvalue weighted by atomic mass is 10.1. The van der Waals surface area contributed by atoms with Crippen molar-refractivity contribution < 1.29 is 14.3 Å². The number of hydrogen-bond acceptors (Lipinski definition) is 6. The number of ether oxygens (including phenoxy) is 2. The molecule has 0 radical (unpaired) electrons. The van der Waals surface area contributed by atoms with Crippen LogP contribution in [0.5, 0.6) is 5.75 Å². The van der Waals surface area contributed by atoms with Crippen LogP contribution < -0.4 is 20.7 Å². The first-order valence-electron chi connectivity index (χ1n) is 7.82. The number of nitrogens with two attached hydrogens (primary N) is 1. The number of alkyl carbamates (subject to hydrolysis) is 1. The Bertz CT molecular complexity index is 549. The standard InChI is InChI=1S/C16H26N4O3/c1-16(2,3)23-15(21)19-12-5-7-20(8-6-12)14-13(22-4)9-11(17)10-18-14/h9-10,12H,5-8,17H2,1-4H3,(H,19,21). The number of hydrogen-bond donors (Lipinski definition) is 2. The van der Waals surface area contributed by atoms with E-state index in [9.17, 15) is 4.79 Å². The molecule has 0 aliphatic carbocycles. The number of amides is 1. The third-order valence-electron chi connectivity index (χ3n) is 3.59. The molecule has 1 aromatic rings. The van der Waals surface area contributed by atoms with E-state index in [2.05, 4.69) is 15.2 Å². The summed E-state index contributed by atoms with van der Waals surface area (Å²) in [5.41, 5.74) is 5.83. The van der Waals surface area contributed by atoms with Gasteiger partial charge < -0.3 is 25.4 Å². The Kier molecular flexibility index (Phi) is 5.18. The van der Waals surface area contributed by atoms with Crippen LogP contribution in [-0.2, 0) is 4.74 Å². The zero-order valence-electron chi connectivity index (χ0n) is 14.3. The van der Waals surface area contributed by atoms with Crippen molar-refractivity contribution in [3.63, 3.8) is 0 Å². The van der Waals surface area contributed by atoms with Crippen molar-refractivity contribution in [2.24, 2.45) is 0 Å². The molecule has 2 heterocycles. The monoisotopic (exact) mass is 322 g/mol. The highest BCUT2D eigenvalue weighted by atomic mass is 16.6. The van der Waals surface area contributed by atoms with E-state index in [0.29, 0.717) is 11.4 Å². The lowest BCUT2D eigenvalue weighted by Gasteiger charge is -2.34. The van der Waals surface area contributed by atoms with Crippen molar-refractivity contribution in [1.82, 2.24) is 10.3 Å². The minimum Gasteiger partial charge on any atom is -0.493 e. The molecular formula is C16H26N4O3. The summed E-state index contributed by atoms with van der Waals surface area (Å²) in [7, 11) is 1.61. The highest BCUT2D eigenvalue weighted by molar-refractivity contribution is 5.68. The van der Waals surface area contributed by atoms with Crippen molar-refractivity contribution in [2.75, 3.05) is 30.8 Å². The van der Waals surface area contributed by atoms with E-state index < -0.39 is 5.60 Å². The van der Waals surface area contributed by atoms with Crippen LogP contribution in [0.4, 0.5) is 16.3 Å². The van der Waals surface area contributed by atoms with Crippen LogP contribution in [0, 0.1) is 0 Å². The van der Waals surface area contributed by atoms with E-state index in [4.69, 9.17) is 15.2 Å². The Morgan fingerprint density at radius 3 is 2.61 bits per heavy atom. The zero-order chi connectivity index (χ0) is 17.0. The summed E-state index contributed by atoms with van der Waals surface area (Å²) in [6.45, 7) is 7.14. The molecule has 7 nitrogen and oxygen atoms in total. The minimum absolute atomic E-state index is 0.112. The van der Waals surface area contributed by atoms with Gasteiger partial charge in [0.25, 0.3) is 0 Å². The van der Waals surface area contributed by atoms with Crippen molar-refractivity contribution in [3.8, 4) is 5.75 Å². The van der Waals surface area contributed by atoms with E-state index in [1.165, 1.54) is 0 Å². The minimum atomic E-state index is -0.480. The molecule has 1 aliphatic heterocycles. The van der Waals surface area contributed by atoms with E-state index in [1.807, 2.05) is 20.8 Å². The Balaban J connectivity index is 1.90. The number of aromatic nitrogens is 1. The van der Waals surface area contributed by atoms with Crippen LogP contribution in [0.25, 0.3) is 0 Å². The van der Waals surface area contributed by atoms with Gasteiger partial charge >= 0.3 is 6.09 Å². The van der Waals surface area contributed by atoms with Crippen molar-refractivity contribution in [1.29, 1.82) is 0 Å². The first-order chi connectivity index (χ1) is 10.8. The van der Waals surface area contributed by atoms with Gasteiger partial charge in [-0.2, -0.15) is 0 Å². The molecular weight excluding hydrogens is 296 g/mol. The molecule has 7 heteroatoms. The number of carbonyl (C=O) groups excluding carboxylic acids is 1. The summed E-state index contributed by atoms with van der Waals surface area (Å²) in [6, 6.07) is 1.88. The third-order valence-corrected chi connectivity index (χ3v) is 3.59. The third kappa shape index (κ3) is 4.91. The fraction of sp³-hybridized carbons (Fsp3) is 0.625. The Labute approximate surface area is 137 Å². The van der Waals surface area contributed by atoms with Crippen LogP contribution in [0.3, 0.4) is 0 Å². The molecule has 0 atom stereocenters. The predicted molar refractivity (Wildman–Crippen MR) is 89.8 cm³/mol. The average Bonchev–Trinajstić information content (AvgIpc) is 2.46. The number of piperidine rings is 1. The van der Waals surface area contributed by atoms with Crippen LogP contribution in [0.1, 0.15) is 33.6 Å². The van der Waals surface area contributed by atoms with Crippen molar-refractivity contribution in [3.05, 3.63) is 12.3 Å². The summed E-state index contributed by atoms with van der Waals surface area (Å²) in [5, 5.41) is 2.93. The second-order valence-corrected chi connectivity index (χ2v) is 6.70.